The highest BCUT2D eigenvalue weighted by Gasteiger charge is 1.93. The van der Waals surface area contributed by atoms with Crippen LogP contribution in [-0.4, -0.2) is 25.8 Å². The first-order valence-corrected chi connectivity index (χ1v) is 4.96. The van der Waals surface area contributed by atoms with E-state index in [0.29, 0.717) is 13.2 Å². The molecule has 0 saturated carbocycles. The summed E-state index contributed by atoms with van der Waals surface area (Å²) in [4.78, 5) is 10.2. The van der Waals surface area contributed by atoms with Crippen LogP contribution < -0.4 is 11.1 Å². The van der Waals surface area contributed by atoms with Crippen molar-refractivity contribution in [3.8, 4) is 0 Å². The minimum Gasteiger partial charge on any atom is -0.448 e. The van der Waals surface area contributed by atoms with E-state index in [4.69, 9.17) is 5.73 Å². The number of hydrogen-bond donors (Lipinski definition) is 2. The zero-order chi connectivity index (χ0) is 10.9. The average molecular weight is 208 g/mol. The fourth-order valence-electron chi connectivity index (χ4n) is 1.23. The molecule has 0 atom stereocenters. The van der Waals surface area contributed by atoms with Crippen LogP contribution in [0.1, 0.15) is 5.56 Å². The standard InChI is InChI=1S/C11H16N2O2/c12-11(14)15-9-8-13-7-6-10-4-2-1-3-5-10/h1-5,13H,6-9H2,(H2,12,14). The first-order chi connectivity index (χ1) is 7.29. The third-order valence-electron chi connectivity index (χ3n) is 1.96. The number of rotatable bonds is 6. The van der Waals surface area contributed by atoms with Crippen molar-refractivity contribution in [2.75, 3.05) is 19.7 Å². The molecule has 4 heteroatoms. The number of nitrogens with one attached hydrogen (secondary N) is 1. The topological polar surface area (TPSA) is 64.4 Å². The molecular weight excluding hydrogens is 192 g/mol. The van der Waals surface area contributed by atoms with Gasteiger partial charge in [0.2, 0.25) is 0 Å². The van der Waals surface area contributed by atoms with E-state index in [-0.39, 0.29) is 0 Å². The molecule has 0 heterocycles. The Labute approximate surface area is 89.4 Å². The maximum Gasteiger partial charge on any atom is 0.404 e. The molecular formula is C11H16N2O2. The lowest BCUT2D eigenvalue weighted by atomic mass is 10.1. The maximum absolute atomic E-state index is 10.2. The molecule has 0 radical (unpaired) electrons. The lowest BCUT2D eigenvalue weighted by Crippen LogP contribution is -2.25. The van der Waals surface area contributed by atoms with Crippen LogP contribution in [0.3, 0.4) is 0 Å². The lowest BCUT2D eigenvalue weighted by molar-refractivity contribution is 0.157. The average Bonchev–Trinajstić information content (AvgIpc) is 2.24. The summed E-state index contributed by atoms with van der Waals surface area (Å²) in [5.41, 5.74) is 6.10. The monoisotopic (exact) mass is 208 g/mol. The maximum atomic E-state index is 10.2. The van der Waals surface area contributed by atoms with E-state index < -0.39 is 6.09 Å². The molecule has 0 saturated heterocycles. The van der Waals surface area contributed by atoms with Gasteiger partial charge in [0.05, 0.1) is 0 Å². The summed E-state index contributed by atoms with van der Waals surface area (Å²) in [7, 11) is 0. The van der Waals surface area contributed by atoms with Gasteiger partial charge < -0.3 is 15.8 Å². The van der Waals surface area contributed by atoms with Crippen LogP contribution in [0.5, 0.6) is 0 Å². The Morgan fingerprint density at radius 3 is 2.67 bits per heavy atom. The van der Waals surface area contributed by atoms with E-state index in [9.17, 15) is 4.79 Å². The molecule has 4 nitrogen and oxygen atoms in total. The molecule has 0 aliphatic carbocycles. The van der Waals surface area contributed by atoms with E-state index in [1.165, 1.54) is 5.56 Å². The number of hydrogen-bond acceptors (Lipinski definition) is 3. The predicted molar refractivity (Wildman–Crippen MR) is 58.6 cm³/mol. The van der Waals surface area contributed by atoms with Crippen LogP contribution in [-0.2, 0) is 11.2 Å². The van der Waals surface area contributed by atoms with Crippen molar-refractivity contribution in [2.24, 2.45) is 5.73 Å². The van der Waals surface area contributed by atoms with Crippen molar-refractivity contribution >= 4 is 6.09 Å². The Hall–Kier alpha value is -1.55. The molecule has 3 N–H and O–H groups in total. The molecule has 1 amide bonds. The quantitative estimate of drug-likeness (QED) is 0.683. The zero-order valence-corrected chi connectivity index (χ0v) is 8.61. The molecule has 0 spiro atoms. The Kier molecular flexibility index (Phi) is 5.25. The van der Waals surface area contributed by atoms with Crippen molar-refractivity contribution in [2.45, 2.75) is 6.42 Å². The van der Waals surface area contributed by atoms with E-state index in [2.05, 4.69) is 22.2 Å². The van der Waals surface area contributed by atoms with Crippen LogP contribution in [0.2, 0.25) is 0 Å². The van der Waals surface area contributed by atoms with Gasteiger partial charge in [-0.15, -0.1) is 0 Å². The van der Waals surface area contributed by atoms with E-state index in [1.807, 2.05) is 18.2 Å². The number of carbonyl (C=O) groups is 1. The second-order valence-electron chi connectivity index (χ2n) is 3.15. The van der Waals surface area contributed by atoms with Crippen LogP contribution in [0.25, 0.3) is 0 Å². The van der Waals surface area contributed by atoms with Crippen LogP contribution in [0.4, 0.5) is 4.79 Å². The first-order valence-electron chi connectivity index (χ1n) is 4.96. The van der Waals surface area contributed by atoms with Gasteiger partial charge in [-0.3, -0.25) is 0 Å². The van der Waals surface area contributed by atoms with Crippen LogP contribution in [0, 0.1) is 0 Å². The molecule has 1 rings (SSSR count). The van der Waals surface area contributed by atoms with Gasteiger partial charge in [-0.1, -0.05) is 30.3 Å². The normalized spacial score (nSPS) is 9.87. The number of nitrogens with two attached hydrogens (primary N) is 1. The Bertz CT molecular complexity index is 288. The van der Waals surface area contributed by atoms with Crippen LogP contribution >= 0.6 is 0 Å². The van der Waals surface area contributed by atoms with Crippen molar-refractivity contribution in [3.05, 3.63) is 35.9 Å². The van der Waals surface area contributed by atoms with E-state index in [1.54, 1.807) is 0 Å². The summed E-state index contributed by atoms with van der Waals surface area (Å²) in [6, 6.07) is 10.2. The smallest absolute Gasteiger partial charge is 0.404 e. The number of benzene rings is 1. The molecule has 82 valence electrons. The highest BCUT2D eigenvalue weighted by molar-refractivity contribution is 5.64. The Balaban J connectivity index is 2.00. The summed E-state index contributed by atoms with van der Waals surface area (Å²) in [6.07, 6.45) is 0.247. The third-order valence-corrected chi connectivity index (χ3v) is 1.96. The minimum absolute atomic E-state index is 0.324. The van der Waals surface area contributed by atoms with Crippen molar-refractivity contribution in [1.82, 2.24) is 5.32 Å². The van der Waals surface area contributed by atoms with Gasteiger partial charge in [-0.05, 0) is 18.5 Å². The molecule has 1 aromatic rings. The zero-order valence-electron chi connectivity index (χ0n) is 8.61. The molecule has 0 aliphatic heterocycles. The van der Waals surface area contributed by atoms with Gasteiger partial charge in [0, 0.05) is 6.54 Å². The van der Waals surface area contributed by atoms with Gasteiger partial charge in [-0.25, -0.2) is 4.79 Å². The molecule has 1 aromatic carbocycles. The molecule has 0 aliphatic rings. The van der Waals surface area contributed by atoms with Crippen molar-refractivity contribution in [1.29, 1.82) is 0 Å². The molecule has 0 bridgehead atoms. The highest BCUT2D eigenvalue weighted by Crippen LogP contribution is 1.97. The highest BCUT2D eigenvalue weighted by atomic mass is 16.5. The third kappa shape index (κ3) is 5.70. The molecule has 0 aromatic heterocycles. The number of ether oxygens (including phenoxy) is 1. The molecule has 15 heavy (non-hydrogen) atoms. The van der Waals surface area contributed by atoms with Gasteiger partial charge in [-0.2, -0.15) is 0 Å². The Morgan fingerprint density at radius 2 is 2.00 bits per heavy atom. The number of primary amides is 1. The summed E-state index contributed by atoms with van der Waals surface area (Å²) in [5.74, 6) is 0. The summed E-state index contributed by atoms with van der Waals surface area (Å²) in [6.45, 7) is 1.83. The van der Waals surface area contributed by atoms with Gasteiger partial charge >= 0.3 is 6.09 Å². The molecule has 0 unspecified atom stereocenters. The molecule has 0 fully saturated rings. The fraction of sp³-hybridized carbons (Fsp3) is 0.364. The largest absolute Gasteiger partial charge is 0.448 e. The van der Waals surface area contributed by atoms with E-state index >= 15 is 0 Å². The second-order valence-corrected chi connectivity index (χ2v) is 3.15. The number of amides is 1. The van der Waals surface area contributed by atoms with Crippen LogP contribution in [0.15, 0.2) is 30.3 Å². The predicted octanol–water partition coefficient (Wildman–Crippen LogP) is 0.914. The SMILES string of the molecule is NC(=O)OCCNCCc1ccccc1. The van der Waals surface area contributed by atoms with Gasteiger partial charge in [0.15, 0.2) is 0 Å². The summed E-state index contributed by atoms with van der Waals surface area (Å²) in [5, 5.41) is 3.16. The lowest BCUT2D eigenvalue weighted by Gasteiger charge is -2.04. The summed E-state index contributed by atoms with van der Waals surface area (Å²) >= 11 is 0. The second kappa shape index (κ2) is 6.84. The van der Waals surface area contributed by atoms with Gasteiger partial charge in [0.1, 0.15) is 6.61 Å². The summed E-state index contributed by atoms with van der Waals surface area (Å²) < 4.78 is 4.57. The minimum atomic E-state index is -0.722. The van der Waals surface area contributed by atoms with E-state index in [0.717, 1.165) is 13.0 Å². The van der Waals surface area contributed by atoms with Gasteiger partial charge in [0.25, 0.3) is 0 Å². The van der Waals surface area contributed by atoms with Crippen molar-refractivity contribution < 1.29 is 9.53 Å². The first kappa shape index (κ1) is 11.5. The van der Waals surface area contributed by atoms with Crippen molar-refractivity contribution in [3.63, 3.8) is 0 Å². The number of carbonyl (C=O) groups excluding carboxylic acids is 1. The fourth-order valence-corrected chi connectivity index (χ4v) is 1.23. The Morgan fingerprint density at radius 1 is 1.27 bits per heavy atom.